The van der Waals surface area contributed by atoms with Crippen LogP contribution in [0, 0.1) is 0 Å². The second-order valence-corrected chi connectivity index (χ2v) is 6.52. The summed E-state index contributed by atoms with van der Waals surface area (Å²) in [5.74, 6) is 1.07. The van der Waals surface area contributed by atoms with Gasteiger partial charge in [-0.1, -0.05) is 18.2 Å². The van der Waals surface area contributed by atoms with Crippen molar-refractivity contribution in [3.05, 3.63) is 51.3 Å². The monoisotopic (exact) mass is 325 g/mol. The molecule has 2 N–H and O–H groups in total. The molecule has 0 aliphatic carbocycles. The zero-order valence-electron chi connectivity index (χ0n) is 13.6. The maximum Gasteiger partial charge on any atom is 0.270 e. The van der Waals surface area contributed by atoms with Crippen LogP contribution in [-0.2, 0) is 4.79 Å². The third kappa shape index (κ3) is 2.26. The van der Waals surface area contributed by atoms with Crippen LogP contribution in [0.25, 0.3) is 6.08 Å². The largest absolute Gasteiger partial charge is 0.489 e. The van der Waals surface area contributed by atoms with E-state index in [1.165, 1.54) is 0 Å². The third-order valence-electron chi connectivity index (χ3n) is 4.58. The highest BCUT2D eigenvalue weighted by atomic mass is 16.5. The van der Waals surface area contributed by atoms with E-state index in [9.17, 15) is 9.59 Å². The van der Waals surface area contributed by atoms with Gasteiger partial charge in [0.25, 0.3) is 5.56 Å². The molecule has 4 rings (SSSR count). The molecule has 24 heavy (non-hydrogen) atoms. The summed E-state index contributed by atoms with van der Waals surface area (Å²) < 4.78 is 7.54. The van der Waals surface area contributed by atoms with E-state index in [0.717, 1.165) is 16.9 Å². The number of hydrogen-bond acceptors (Lipinski definition) is 3. The van der Waals surface area contributed by atoms with Gasteiger partial charge in [0, 0.05) is 23.9 Å². The number of carbonyl (C=O) groups is 1. The summed E-state index contributed by atoms with van der Waals surface area (Å²) in [6.45, 7) is 4.32. The minimum absolute atomic E-state index is 0.0535. The van der Waals surface area contributed by atoms with Gasteiger partial charge in [0.15, 0.2) is 0 Å². The van der Waals surface area contributed by atoms with E-state index < -0.39 is 0 Å². The van der Waals surface area contributed by atoms with Crippen molar-refractivity contribution in [2.75, 3.05) is 11.9 Å². The van der Waals surface area contributed by atoms with E-state index in [1.54, 1.807) is 4.68 Å². The van der Waals surface area contributed by atoms with Crippen molar-refractivity contribution in [1.82, 2.24) is 9.78 Å². The van der Waals surface area contributed by atoms with Crippen molar-refractivity contribution in [1.29, 1.82) is 0 Å². The van der Waals surface area contributed by atoms with E-state index in [0.29, 0.717) is 18.0 Å². The number of ether oxygens (including phenoxy) is 1. The Morgan fingerprint density at radius 3 is 2.83 bits per heavy atom. The number of rotatable bonds is 2. The fraction of sp³-hybridized carbons (Fsp3) is 0.333. The number of carbonyl (C=O) groups excluding carboxylic acids is 1. The van der Waals surface area contributed by atoms with Crippen LogP contribution in [0.5, 0.6) is 5.75 Å². The lowest BCUT2D eigenvalue weighted by Gasteiger charge is -2.28. The van der Waals surface area contributed by atoms with E-state index in [1.807, 2.05) is 44.2 Å². The maximum atomic E-state index is 12.5. The molecule has 2 aromatic rings. The number of aromatic nitrogens is 2. The van der Waals surface area contributed by atoms with Gasteiger partial charge in [-0.2, -0.15) is 0 Å². The molecule has 0 radical (unpaired) electrons. The number of nitrogens with one attached hydrogen (secondary N) is 2. The number of H-pyrrole nitrogens is 1. The van der Waals surface area contributed by atoms with Gasteiger partial charge in [-0.25, -0.2) is 0 Å². The van der Waals surface area contributed by atoms with Crippen LogP contribution in [0.2, 0.25) is 0 Å². The molecule has 124 valence electrons. The fourth-order valence-corrected chi connectivity index (χ4v) is 3.42. The molecular formula is C18H19N3O3. The van der Waals surface area contributed by atoms with Crippen LogP contribution in [0.1, 0.15) is 43.4 Å². The molecule has 3 heterocycles. The summed E-state index contributed by atoms with van der Waals surface area (Å²) in [4.78, 5) is 24.7. The van der Waals surface area contributed by atoms with Crippen LogP contribution in [0.4, 0.5) is 5.82 Å². The van der Waals surface area contributed by atoms with Crippen molar-refractivity contribution < 1.29 is 9.53 Å². The lowest BCUT2D eigenvalue weighted by molar-refractivity contribution is -0.116. The average Bonchev–Trinajstić information content (AvgIpc) is 2.90. The molecule has 1 aromatic heterocycles. The lowest BCUT2D eigenvalue weighted by Crippen LogP contribution is -2.29. The number of hydrogen-bond donors (Lipinski definition) is 2. The van der Waals surface area contributed by atoms with Crippen molar-refractivity contribution in [2.24, 2.45) is 0 Å². The Morgan fingerprint density at radius 2 is 2.04 bits per heavy atom. The van der Waals surface area contributed by atoms with Crippen molar-refractivity contribution in [2.45, 2.75) is 32.2 Å². The number of para-hydroxylation sites is 1. The van der Waals surface area contributed by atoms with Crippen LogP contribution in [0.15, 0.2) is 34.6 Å². The first-order chi connectivity index (χ1) is 11.5. The Bertz CT molecular complexity index is 904. The molecule has 0 fully saturated rings. The molecule has 1 atom stereocenters. The summed E-state index contributed by atoms with van der Waals surface area (Å²) in [6, 6.07) is 7.82. The van der Waals surface area contributed by atoms with Crippen molar-refractivity contribution in [3.8, 4) is 5.75 Å². The van der Waals surface area contributed by atoms with Crippen LogP contribution in [0.3, 0.4) is 0 Å². The Labute approximate surface area is 139 Å². The molecular weight excluding hydrogens is 306 g/mol. The molecule has 2 aliphatic rings. The summed E-state index contributed by atoms with van der Waals surface area (Å²) >= 11 is 0. The van der Waals surface area contributed by atoms with Crippen molar-refractivity contribution >= 4 is 17.8 Å². The first kappa shape index (κ1) is 14.8. The molecule has 0 saturated carbocycles. The minimum Gasteiger partial charge on any atom is -0.489 e. The zero-order chi connectivity index (χ0) is 16.8. The molecule has 6 heteroatoms. The highest BCUT2D eigenvalue weighted by Gasteiger charge is 2.35. The Hall–Kier alpha value is -2.76. The third-order valence-corrected chi connectivity index (χ3v) is 4.58. The molecule has 0 unspecified atom stereocenters. The standard InChI is InChI=1S/C18H19N3O3/c1-10(2)21-17-16(18(23)20-21)13(8-15(22)19-17)12-7-11-5-3-4-6-14(11)24-9-12/h3-7,10,13H,8-9H2,1-2H3,(H,19,22)(H,20,23)/t13-/m1/s1. The lowest BCUT2D eigenvalue weighted by atomic mass is 9.85. The number of benzene rings is 1. The highest BCUT2D eigenvalue weighted by Crippen LogP contribution is 2.39. The van der Waals surface area contributed by atoms with E-state index in [4.69, 9.17) is 4.74 Å². The van der Waals surface area contributed by atoms with Crippen molar-refractivity contribution in [3.63, 3.8) is 0 Å². The van der Waals surface area contributed by atoms with E-state index in [2.05, 4.69) is 10.4 Å². The minimum atomic E-state index is -0.258. The molecule has 1 aromatic carbocycles. The van der Waals surface area contributed by atoms with Gasteiger partial charge in [-0.15, -0.1) is 0 Å². The van der Waals surface area contributed by atoms with Gasteiger partial charge < -0.3 is 10.1 Å². The number of amides is 1. The normalized spacial score (nSPS) is 19.2. The first-order valence-corrected chi connectivity index (χ1v) is 8.11. The van der Waals surface area contributed by atoms with E-state index >= 15 is 0 Å². The second-order valence-electron chi connectivity index (χ2n) is 6.52. The van der Waals surface area contributed by atoms with E-state index in [-0.39, 0.29) is 29.8 Å². The summed E-state index contributed by atoms with van der Waals surface area (Å²) in [5.41, 5.74) is 2.41. The topological polar surface area (TPSA) is 76.1 Å². The van der Waals surface area contributed by atoms with Gasteiger partial charge in [-0.05, 0) is 31.6 Å². The van der Waals surface area contributed by atoms with Gasteiger partial charge in [0.1, 0.15) is 18.2 Å². The fourth-order valence-electron chi connectivity index (χ4n) is 3.42. The van der Waals surface area contributed by atoms with Gasteiger partial charge in [0.2, 0.25) is 5.91 Å². The summed E-state index contributed by atoms with van der Waals surface area (Å²) in [6.07, 6.45) is 2.30. The summed E-state index contributed by atoms with van der Waals surface area (Å²) in [7, 11) is 0. The van der Waals surface area contributed by atoms with Crippen LogP contribution in [-0.4, -0.2) is 22.3 Å². The Kier molecular flexibility index (Phi) is 3.33. The Balaban J connectivity index is 1.83. The highest BCUT2D eigenvalue weighted by molar-refractivity contribution is 5.94. The molecule has 1 amide bonds. The van der Waals surface area contributed by atoms with Gasteiger partial charge in [-0.3, -0.25) is 19.4 Å². The van der Waals surface area contributed by atoms with Gasteiger partial charge in [0.05, 0.1) is 5.56 Å². The van der Waals surface area contributed by atoms with Crippen LogP contribution >= 0.6 is 0 Å². The molecule has 6 nitrogen and oxygen atoms in total. The molecule has 2 aliphatic heterocycles. The predicted molar refractivity (Wildman–Crippen MR) is 91.3 cm³/mol. The number of anilines is 1. The SMILES string of the molecule is CC(C)n1[nH]c(=O)c2c1NC(=O)C[C@@H]2C1=Cc2ccccc2OC1. The second kappa shape index (κ2) is 5.40. The Morgan fingerprint density at radius 1 is 1.25 bits per heavy atom. The summed E-state index contributed by atoms with van der Waals surface area (Å²) in [5, 5.41) is 5.69. The molecule has 0 bridgehead atoms. The molecule has 0 spiro atoms. The number of nitrogens with zero attached hydrogens (tertiary/aromatic N) is 1. The molecule has 0 saturated heterocycles. The average molecular weight is 325 g/mol. The predicted octanol–water partition coefficient (Wildman–Crippen LogP) is 2.66. The quantitative estimate of drug-likeness (QED) is 0.891. The van der Waals surface area contributed by atoms with Crippen LogP contribution < -0.4 is 15.6 Å². The number of aromatic amines is 1. The first-order valence-electron chi connectivity index (χ1n) is 8.11. The van der Waals surface area contributed by atoms with Gasteiger partial charge >= 0.3 is 0 Å². The number of fused-ring (bicyclic) bond motifs is 2. The maximum absolute atomic E-state index is 12.5. The smallest absolute Gasteiger partial charge is 0.270 e. The zero-order valence-corrected chi connectivity index (χ0v) is 13.6.